The predicted octanol–water partition coefficient (Wildman–Crippen LogP) is 3.13. The number of halogens is 3. The zero-order valence-corrected chi connectivity index (χ0v) is 16.6. The number of aromatic nitrogens is 3. The fourth-order valence-electron chi connectivity index (χ4n) is 2.34. The van der Waals surface area contributed by atoms with Crippen molar-refractivity contribution in [3.63, 3.8) is 0 Å². The van der Waals surface area contributed by atoms with Crippen molar-refractivity contribution in [3.8, 4) is 0 Å². The second-order valence-corrected chi connectivity index (χ2v) is 8.12. The molecule has 0 bridgehead atoms. The Morgan fingerprint density at radius 1 is 1.11 bits per heavy atom. The average molecular weight is 445 g/mol. The number of rotatable bonds is 5. The van der Waals surface area contributed by atoms with Crippen LogP contribution < -0.4 is 11.5 Å². The van der Waals surface area contributed by atoms with E-state index in [9.17, 15) is 9.00 Å². The third kappa shape index (κ3) is 4.08. The molecular formula is C16H12Cl3N5O2S. The van der Waals surface area contributed by atoms with Gasteiger partial charge in [-0.3, -0.25) is 4.79 Å². The highest BCUT2D eigenvalue weighted by Gasteiger charge is 2.19. The zero-order valence-electron chi connectivity index (χ0n) is 13.5. The van der Waals surface area contributed by atoms with E-state index >= 15 is 0 Å². The van der Waals surface area contributed by atoms with Crippen LogP contribution in [0.1, 0.15) is 16.1 Å². The lowest BCUT2D eigenvalue weighted by Crippen LogP contribution is -2.15. The van der Waals surface area contributed by atoms with Gasteiger partial charge in [0.25, 0.3) is 5.91 Å². The molecular weight excluding hydrogens is 433 g/mol. The summed E-state index contributed by atoms with van der Waals surface area (Å²) in [6.45, 7) is 0.152. The van der Waals surface area contributed by atoms with E-state index in [0.29, 0.717) is 15.5 Å². The SMILES string of the molecule is NC(=O)c1nnn(Cc2cc(Cl)c(S(=O)c3ccc(Cl)cc3)c(Cl)c2)c1N. The standard InChI is InChI=1S/C16H12Cl3N5O2S/c17-9-1-3-10(4-2-9)27(26)14-11(18)5-8(6-12(14)19)7-24-15(20)13(16(21)25)22-23-24/h1-6H,7,20H2,(H2,21,25). The Bertz CT molecular complexity index is 1030. The van der Waals surface area contributed by atoms with Gasteiger partial charge in [-0.15, -0.1) is 5.10 Å². The molecule has 0 spiro atoms. The second kappa shape index (κ2) is 7.85. The summed E-state index contributed by atoms with van der Waals surface area (Å²) in [4.78, 5) is 12.0. The minimum Gasteiger partial charge on any atom is -0.382 e. The van der Waals surface area contributed by atoms with Gasteiger partial charge in [-0.25, -0.2) is 8.89 Å². The first kappa shape index (κ1) is 19.6. The molecule has 140 valence electrons. The Hall–Kier alpha value is -2.13. The summed E-state index contributed by atoms with van der Waals surface area (Å²) >= 11 is 18.5. The van der Waals surface area contributed by atoms with Crippen molar-refractivity contribution in [1.82, 2.24) is 15.0 Å². The number of benzene rings is 2. The van der Waals surface area contributed by atoms with Crippen molar-refractivity contribution < 1.29 is 9.00 Å². The lowest BCUT2D eigenvalue weighted by molar-refractivity contribution is 0.0996. The molecule has 7 nitrogen and oxygen atoms in total. The normalized spacial score (nSPS) is 12.1. The lowest BCUT2D eigenvalue weighted by atomic mass is 10.2. The summed E-state index contributed by atoms with van der Waals surface area (Å²) in [5.74, 6) is -0.743. The number of hydrogen-bond acceptors (Lipinski definition) is 5. The van der Waals surface area contributed by atoms with Crippen LogP contribution in [0.25, 0.3) is 0 Å². The van der Waals surface area contributed by atoms with Crippen LogP contribution in [0.15, 0.2) is 46.2 Å². The van der Waals surface area contributed by atoms with Crippen LogP contribution in [0.4, 0.5) is 5.82 Å². The zero-order chi connectivity index (χ0) is 19.7. The minimum absolute atomic E-state index is 0.0311. The molecule has 0 aliphatic heterocycles. The number of amides is 1. The number of carbonyl (C=O) groups is 1. The topological polar surface area (TPSA) is 117 Å². The van der Waals surface area contributed by atoms with Crippen molar-refractivity contribution in [2.24, 2.45) is 5.73 Å². The number of nitrogens with zero attached hydrogens (tertiary/aromatic N) is 3. The van der Waals surface area contributed by atoms with Crippen molar-refractivity contribution in [2.75, 3.05) is 5.73 Å². The number of carbonyl (C=O) groups excluding carboxylic acids is 1. The molecule has 0 saturated heterocycles. The van der Waals surface area contributed by atoms with Gasteiger partial charge < -0.3 is 11.5 Å². The molecule has 0 saturated carbocycles. The summed E-state index contributed by atoms with van der Waals surface area (Å²) in [5, 5.41) is 8.40. The summed E-state index contributed by atoms with van der Waals surface area (Å²) < 4.78 is 14.1. The molecule has 3 rings (SSSR count). The molecule has 11 heteroatoms. The Labute approximate surface area is 171 Å². The monoisotopic (exact) mass is 443 g/mol. The predicted molar refractivity (Wildman–Crippen MR) is 105 cm³/mol. The first-order chi connectivity index (χ1) is 12.8. The van der Waals surface area contributed by atoms with E-state index in [4.69, 9.17) is 46.3 Å². The number of anilines is 1. The quantitative estimate of drug-likeness (QED) is 0.627. The molecule has 27 heavy (non-hydrogen) atoms. The number of primary amides is 1. The van der Waals surface area contributed by atoms with Crippen LogP contribution in [0.5, 0.6) is 0 Å². The first-order valence-corrected chi connectivity index (χ1v) is 9.70. The van der Waals surface area contributed by atoms with Gasteiger partial charge in [0.15, 0.2) is 11.5 Å². The molecule has 1 aromatic heterocycles. The Morgan fingerprint density at radius 3 is 2.22 bits per heavy atom. The summed E-state index contributed by atoms with van der Waals surface area (Å²) in [5.41, 5.74) is 11.5. The van der Waals surface area contributed by atoms with Crippen molar-refractivity contribution in [2.45, 2.75) is 16.3 Å². The highest BCUT2D eigenvalue weighted by atomic mass is 35.5. The van der Waals surface area contributed by atoms with Crippen LogP contribution in [-0.4, -0.2) is 25.1 Å². The highest BCUT2D eigenvalue weighted by Crippen LogP contribution is 2.33. The summed E-state index contributed by atoms with van der Waals surface area (Å²) in [7, 11) is -1.58. The van der Waals surface area contributed by atoms with Crippen LogP contribution in [0, 0.1) is 0 Å². The third-order valence-corrected chi connectivity index (χ3v) is 6.19. The maximum atomic E-state index is 12.8. The van der Waals surface area contributed by atoms with E-state index in [1.54, 1.807) is 36.4 Å². The molecule has 1 atom stereocenters. The fourth-order valence-corrected chi connectivity index (χ4v) is 4.51. The molecule has 4 N–H and O–H groups in total. The van der Waals surface area contributed by atoms with Gasteiger partial charge in [0.1, 0.15) is 0 Å². The molecule has 1 heterocycles. The van der Waals surface area contributed by atoms with Crippen molar-refractivity contribution in [3.05, 3.63) is 62.7 Å². The van der Waals surface area contributed by atoms with E-state index in [1.165, 1.54) is 4.68 Å². The minimum atomic E-state index is -1.58. The van der Waals surface area contributed by atoms with Crippen LogP contribution in [0.3, 0.4) is 0 Å². The molecule has 0 aliphatic rings. The van der Waals surface area contributed by atoms with Gasteiger partial charge >= 0.3 is 0 Å². The fraction of sp³-hybridized carbons (Fsp3) is 0.0625. The van der Waals surface area contributed by atoms with E-state index in [1.807, 2.05) is 0 Å². The largest absolute Gasteiger partial charge is 0.382 e. The Balaban J connectivity index is 1.92. The first-order valence-electron chi connectivity index (χ1n) is 7.42. The molecule has 3 aromatic rings. The molecule has 1 unspecified atom stereocenters. The van der Waals surface area contributed by atoms with Crippen LogP contribution in [0.2, 0.25) is 15.1 Å². The summed E-state index contributed by atoms with van der Waals surface area (Å²) in [6, 6.07) is 9.74. The van der Waals surface area contributed by atoms with Gasteiger partial charge in [-0.1, -0.05) is 40.0 Å². The van der Waals surface area contributed by atoms with Gasteiger partial charge in [-0.2, -0.15) is 0 Å². The van der Waals surface area contributed by atoms with E-state index in [2.05, 4.69) is 10.3 Å². The number of hydrogen-bond donors (Lipinski definition) is 2. The van der Waals surface area contributed by atoms with Gasteiger partial charge in [-0.05, 0) is 42.0 Å². The molecule has 1 amide bonds. The molecule has 0 radical (unpaired) electrons. The Kier molecular flexibility index (Phi) is 5.71. The molecule has 0 fully saturated rings. The third-order valence-electron chi connectivity index (χ3n) is 3.61. The maximum absolute atomic E-state index is 12.8. The second-order valence-electron chi connectivity index (χ2n) is 5.46. The highest BCUT2D eigenvalue weighted by molar-refractivity contribution is 7.85. The lowest BCUT2D eigenvalue weighted by Gasteiger charge is -2.11. The Morgan fingerprint density at radius 2 is 1.70 bits per heavy atom. The van der Waals surface area contributed by atoms with Crippen molar-refractivity contribution >= 4 is 57.3 Å². The van der Waals surface area contributed by atoms with Crippen LogP contribution >= 0.6 is 34.8 Å². The molecule has 2 aromatic carbocycles. The van der Waals surface area contributed by atoms with E-state index in [-0.39, 0.29) is 33.0 Å². The number of nitrogen functional groups attached to an aromatic ring is 1. The smallest absolute Gasteiger partial charge is 0.273 e. The maximum Gasteiger partial charge on any atom is 0.273 e. The molecule has 0 aliphatic carbocycles. The van der Waals surface area contributed by atoms with Crippen molar-refractivity contribution in [1.29, 1.82) is 0 Å². The van der Waals surface area contributed by atoms with Crippen LogP contribution in [-0.2, 0) is 17.3 Å². The number of nitrogens with two attached hydrogens (primary N) is 2. The van der Waals surface area contributed by atoms with Gasteiger partial charge in [0.05, 0.1) is 32.3 Å². The van der Waals surface area contributed by atoms with E-state index < -0.39 is 16.7 Å². The van der Waals surface area contributed by atoms with Gasteiger partial charge in [0.2, 0.25) is 0 Å². The summed E-state index contributed by atoms with van der Waals surface area (Å²) in [6.07, 6.45) is 0. The average Bonchev–Trinajstić information content (AvgIpc) is 2.95. The van der Waals surface area contributed by atoms with Gasteiger partial charge in [0, 0.05) is 9.92 Å². The van der Waals surface area contributed by atoms with E-state index in [0.717, 1.165) is 0 Å².